The summed E-state index contributed by atoms with van der Waals surface area (Å²) in [5.41, 5.74) is 6.39. The van der Waals surface area contributed by atoms with Crippen LogP contribution in [0.2, 0.25) is 0 Å². The van der Waals surface area contributed by atoms with Crippen molar-refractivity contribution in [1.29, 1.82) is 0 Å². The summed E-state index contributed by atoms with van der Waals surface area (Å²) >= 11 is 0. The topological polar surface area (TPSA) is 25.2 Å². The van der Waals surface area contributed by atoms with Crippen molar-refractivity contribution in [3.63, 3.8) is 0 Å². The highest BCUT2D eigenvalue weighted by Gasteiger charge is 2.31. The first-order valence-electron chi connectivity index (χ1n) is 7.80. The Hall–Kier alpha value is -2.29. The highest BCUT2D eigenvalue weighted by atomic mass is 16.2. The van der Waals surface area contributed by atoms with Crippen molar-refractivity contribution < 1.29 is 4.79 Å². The molecule has 0 fully saturated rings. The number of para-hydroxylation sites is 1. The van der Waals surface area contributed by atoms with Crippen LogP contribution in [0.25, 0.3) is 11.6 Å². The first-order valence-corrected chi connectivity index (χ1v) is 7.80. The third-order valence-corrected chi connectivity index (χ3v) is 4.52. The number of rotatable bonds is 3. The number of fused-ring (bicyclic) bond motifs is 1. The Balaban J connectivity index is 2.12. The van der Waals surface area contributed by atoms with Crippen molar-refractivity contribution >= 4 is 23.2 Å². The number of carbonyl (C=O) groups excluding carboxylic acids is 1. The molecule has 22 heavy (non-hydrogen) atoms. The fourth-order valence-electron chi connectivity index (χ4n) is 3.08. The van der Waals surface area contributed by atoms with Crippen LogP contribution in [0, 0.1) is 13.8 Å². The summed E-state index contributed by atoms with van der Waals surface area (Å²) in [5, 5.41) is 0. The summed E-state index contributed by atoms with van der Waals surface area (Å²) in [5.74, 6) is 0.115. The maximum atomic E-state index is 12.8. The van der Waals surface area contributed by atoms with Gasteiger partial charge in [-0.2, -0.15) is 0 Å². The zero-order valence-electron chi connectivity index (χ0n) is 13.7. The van der Waals surface area contributed by atoms with Crippen molar-refractivity contribution in [2.24, 2.45) is 7.05 Å². The molecule has 0 bridgehead atoms. The number of nitrogens with zero attached hydrogens (tertiary/aromatic N) is 2. The van der Waals surface area contributed by atoms with Crippen molar-refractivity contribution in [1.82, 2.24) is 4.57 Å². The molecule has 1 aliphatic rings. The zero-order valence-corrected chi connectivity index (χ0v) is 13.7. The van der Waals surface area contributed by atoms with E-state index in [9.17, 15) is 4.79 Å². The third-order valence-electron chi connectivity index (χ3n) is 4.52. The van der Waals surface area contributed by atoms with Crippen LogP contribution in [-0.2, 0) is 11.8 Å². The van der Waals surface area contributed by atoms with Crippen LogP contribution in [0.15, 0.2) is 30.3 Å². The summed E-state index contributed by atoms with van der Waals surface area (Å²) in [7, 11) is 2.06. The number of benzene rings is 1. The molecule has 114 valence electrons. The molecule has 3 rings (SSSR count). The van der Waals surface area contributed by atoms with E-state index in [0.29, 0.717) is 0 Å². The maximum absolute atomic E-state index is 12.8. The van der Waals surface area contributed by atoms with Gasteiger partial charge in [0.2, 0.25) is 0 Å². The summed E-state index contributed by atoms with van der Waals surface area (Å²) in [6.45, 7) is 7.04. The van der Waals surface area contributed by atoms with Gasteiger partial charge >= 0.3 is 0 Å². The van der Waals surface area contributed by atoms with E-state index in [4.69, 9.17) is 0 Å². The molecule has 1 aromatic carbocycles. The molecule has 2 heterocycles. The predicted octanol–water partition coefficient (Wildman–Crippen LogP) is 3.94. The van der Waals surface area contributed by atoms with Crippen LogP contribution >= 0.6 is 0 Å². The van der Waals surface area contributed by atoms with Gasteiger partial charge in [-0.15, -0.1) is 0 Å². The van der Waals surface area contributed by atoms with Crippen molar-refractivity contribution in [2.45, 2.75) is 27.2 Å². The number of aromatic nitrogens is 1. The Morgan fingerprint density at radius 2 is 1.91 bits per heavy atom. The van der Waals surface area contributed by atoms with Gasteiger partial charge in [-0.25, -0.2) is 0 Å². The minimum Gasteiger partial charge on any atom is -0.352 e. The van der Waals surface area contributed by atoms with Crippen LogP contribution in [0.3, 0.4) is 0 Å². The highest BCUT2D eigenvalue weighted by molar-refractivity contribution is 6.35. The fraction of sp³-hybridized carbons (Fsp3) is 0.316. The molecule has 0 saturated heterocycles. The van der Waals surface area contributed by atoms with Gasteiger partial charge in [0.1, 0.15) is 0 Å². The standard InChI is InChI=1S/C19H22N2O/c1-5-10-21-18-9-7-6-8-16(18)17(19(21)22)12-15-11-13(2)20(4)14(15)3/h6-9,11-12H,5,10H2,1-4H3/b17-12-. The van der Waals surface area contributed by atoms with E-state index in [0.717, 1.165) is 35.4 Å². The average Bonchev–Trinajstić information content (AvgIpc) is 2.91. The first-order chi connectivity index (χ1) is 10.5. The van der Waals surface area contributed by atoms with Gasteiger partial charge in [0.05, 0.1) is 5.69 Å². The molecule has 0 radical (unpaired) electrons. The molecule has 3 nitrogen and oxygen atoms in total. The molecule has 0 atom stereocenters. The smallest absolute Gasteiger partial charge is 0.258 e. The Bertz CT molecular complexity index is 768. The number of hydrogen-bond acceptors (Lipinski definition) is 1. The van der Waals surface area contributed by atoms with E-state index in [2.05, 4.69) is 38.5 Å². The van der Waals surface area contributed by atoms with Crippen molar-refractivity contribution in [2.75, 3.05) is 11.4 Å². The lowest BCUT2D eigenvalue weighted by atomic mass is 10.0. The van der Waals surface area contributed by atoms with Gasteiger partial charge in [0.25, 0.3) is 5.91 Å². The van der Waals surface area contributed by atoms with Crippen LogP contribution < -0.4 is 4.90 Å². The number of aryl methyl sites for hydroxylation is 1. The SMILES string of the molecule is CCCN1C(=O)/C(=C\c2cc(C)n(C)c2C)c2ccccc21. The first kappa shape index (κ1) is 14.6. The quantitative estimate of drug-likeness (QED) is 0.787. The summed E-state index contributed by atoms with van der Waals surface area (Å²) in [4.78, 5) is 14.7. The van der Waals surface area contributed by atoms with E-state index < -0.39 is 0 Å². The molecule has 0 spiro atoms. The second-order valence-electron chi connectivity index (χ2n) is 5.92. The number of amides is 1. The molecule has 0 unspecified atom stereocenters. The predicted molar refractivity (Wildman–Crippen MR) is 91.8 cm³/mol. The monoisotopic (exact) mass is 294 g/mol. The minimum atomic E-state index is 0.115. The van der Waals surface area contributed by atoms with Crippen LogP contribution in [0.5, 0.6) is 0 Å². The Morgan fingerprint density at radius 3 is 2.55 bits per heavy atom. The molecule has 1 amide bonds. The van der Waals surface area contributed by atoms with E-state index in [-0.39, 0.29) is 5.91 Å². The molecule has 2 aromatic rings. The van der Waals surface area contributed by atoms with Crippen molar-refractivity contribution in [3.8, 4) is 0 Å². The van der Waals surface area contributed by atoms with Crippen molar-refractivity contribution in [3.05, 3.63) is 52.8 Å². The lowest BCUT2D eigenvalue weighted by molar-refractivity contribution is -0.113. The fourth-order valence-corrected chi connectivity index (χ4v) is 3.08. The van der Waals surface area contributed by atoms with Crippen LogP contribution in [0.4, 0.5) is 5.69 Å². The van der Waals surface area contributed by atoms with Gasteiger partial charge in [0.15, 0.2) is 0 Å². The van der Waals surface area contributed by atoms with E-state index >= 15 is 0 Å². The van der Waals surface area contributed by atoms with E-state index in [1.54, 1.807) is 0 Å². The largest absolute Gasteiger partial charge is 0.352 e. The summed E-state index contributed by atoms with van der Waals surface area (Å²) in [6, 6.07) is 10.2. The molecular formula is C19H22N2O. The van der Waals surface area contributed by atoms with Crippen LogP contribution in [-0.4, -0.2) is 17.0 Å². The maximum Gasteiger partial charge on any atom is 0.258 e. The highest BCUT2D eigenvalue weighted by Crippen LogP contribution is 2.38. The average molecular weight is 294 g/mol. The van der Waals surface area contributed by atoms with Gasteiger partial charge in [-0.1, -0.05) is 25.1 Å². The molecule has 1 aliphatic heterocycles. The van der Waals surface area contributed by atoms with Gasteiger partial charge in [0, 0.05) is 36.1 Å². The lowest BCUT2D eigenvalue weighted by Crippen LogP contribution is -2.26. The molecular weight excluding hydrogens is 272 g/mol. The molecule has 3 heteroatoms. The van der Waals surface area contributed by atoms with E-state index in [1.807, 2.05) is 35.2 Å². The molecule has 0 aliphatic carbocycles. The Labute approximate surface area is 131 Å². The number of carbonyl (C=O) groups is 1. The lowest BCUT2D eigenvalue weighted by Gasteiger charge is -2.15. The third kappa shape index (κ3) is 2.17. The molecule has 1 aromatic heterocycles. The molecule has 0 N–H and O–H groups in total. The summed E-state index contributed by atoms with van der Waals surface area (Å²) in [6.07, 6.45) is 3.00. The normalized spacial score (nSPS) is 15.7. The Kier molecular flexibility index (Phi) is 3.65. The second kappa shape index (κ2) is 5.48. The minimum absolute atomic E-state index is 0.115. The second-order valence-corrected chi connectivity index (χ2v) is 5.92. The summed E-state index contributed by atoms with van der Waals surface area (Å²) < 4.78 is 2.15. The van der Waals surface area contributed by atoms with Gasteiger partial charge < -0.3 is 9.47 Å². The van der Waals surface area contributed by atoms with Gasteiger partial charge in [-0.3, -0.25) is 4.79 Å². The Morgan fingerprint density at radius 1 is 1.18 bits per heavy atom. The van der Waals surface area contributed by atoms with Crippen LogP contribution in [0.1, 0.15) is 35.9 Å². The van der Waals surface area contributed by atoms with Gasteiger partial charge in [-0.05, 0) is 44.0 Å². The van der Waals surface area contributed by atoms with E-state index in [1.165, 1.54) is 11.4 Å². The number of anilines is 1. The molecule has 0 saturated carbocycles. The zero-order chi connectivity index (χ0) is 15.9. The number of hydrogen-bond donors (Lipinski definition) is 0.